The van der Waals surface area contributed by atoms with Crippen molar-refractivity contribution in [2.75, 3.05) is 24.3 Å². The molecule has 0 bridgehead atoms. The van der Waals surface area contributed by atoms with Crippen LogP contribution in [-0.2, 0) is 20.8 Å². The van der Waals surface area contributed by atoms with Gasteiger partial charge in [0, 0.05) is 29.4 Å². The summed E-state index contributed by atoms with van der Waals surface area (Å²) in [5, 5.41) is 0.187. The Labute approximate surface area is 108 Å². The molecule has 96 valence electrons. The summed E-state index contributed by atoms with van der Waals surface area (Å²) < 4.78 is 36.7. The van der Waals surface area contributed by atoms with E-state index in [0.29, 0.717) is 5.69 Å². The van der Waals surface area contributed by atoms with Gasteiger partial charge in [0.05, 0.1) is 15.6 Å². The first-order valence-electron chi connectivity index (χ1n) is 4.67. The standard InChI is InChI=1S/C9H13ClN2O3S2/c1-16(13)5-4-12-17(14,15)7-2-3-9(11)8(10)6-7/h2-3,6,12H,4-5,11H2,1H3. The number of hydrogen-bond acceptors (Lipinski definition) is 4. The molecule has 0 fully saturated rings. The first-order chi connectivity index (χ1) is 7.83. The molecular formula is C9H13ClN2O3S2. The highest BCUT2D eigenvalue weighted by Crippen LogP contribution is 2.22. The molecular weight excluding hydrogens is 284 g/mol. The SMILES string of the molecule is CS(=O)CCNS(=O)(=O)c1ccc(N)c(Cl)c1. The molecule has 1 rings (SSSR count). The van der Waals surface area contributed by atoms with E-state index in [4.69, 9.17) is 17.3 Å². The van der Waals surface area contributed by atoms with Crippen molar-refractivity contribution >= 4 is 38.1 Å². The summed E-state index contributed by atoms with van der Waals surface area (Å²) in [5.74, 6) is 0.266. The lowest BCUT2D eigenvalue weighted by molar-refractivity contribution is 0.584. The molecule has 1 unspecified atom stereocenters. The number of nitrogen functional groups attached to an aromatic ring is 1. The van der Waals surface area contributed by atoms with Crippen LogP contribution in [0.3, 0.4) is 0 Å². The number of halogens is 1. The van der Waals surface area contributed by atoms with E-state index in [1.54, 1.807) is 0 Å². The third kappa shape index (κ3) is 4.27. The predicted molar refractivity (Wildman–Crippen MR) is 70.0 cm³/mol. The lowest BCUT2D eigenvalue weighted by Gasteiger charge is -2.07. The third-order valence-corrected chi connectivity index (χ3v) is 4.53. The van der Waals surface area contributed by atoms with E-state index < -0.39 is 20.8 Å². The van der Waals surface area contributed by atoms with E-state index in [1.807, 2.05) is 0 Å². The van der Waals surface area contributed by atoms with E-state index in [9.17, 15) is 12.6 Å². The van der Waals surface area contributed by atoms with Gasteiger partial charge in [0.2, 0.25) is 10.0 Å². The number of hydrogen-bond donors (Lipinski definition) is 2. The van der Waals surface area contributed by atoms with Crippen LogP contribution in [0.25, 0.3) is 0 Å². The normalized spacial score (nSPS) is 13.5. The minimum atomic E-state index is -3.62. The molecule has 1 atom stereocenters. The first kappa shape index (κ1) is 14.4. The van der Waals surface area contributed by atoms with Gasteiger partial charge >= 0.3 is 0 Å². The van der Waals surface area contributed by atoms with E-state index >= 15 is 0 Å². The summed E-state index contributed by atoms with van der Waals surface area (Å²) in [6.45, 7) is 0.118. The molecule has 0 aromatic heterocycles. The van der Waals surface area contributed by atoms with Gasteiger partial charge in [-0.25, -0.2) is 13.1 Å². The van der Waals surface area contributed by atoms with E-state index in [0.717, 1.165) is 0 Å². The molecule has 8 heteroatoms. The average molecular weight is 297 g/mol. The smallest absolute Gasteiger partial charge is 0.240 e. The Hall–Kier alpha value is -0.630. The Bertz CT molecular complexity index is 531. The van der Waals surface area contributed by atoms with Gasteiger partial charge in [0.25, 0.3) is 0 Å². The summed E-state index contributed by atoms with van der Waals surface area (Å²) >= 11 is 5.74. The van der Waals surface area contributed by atoms with Crippen LogP contribution in [0, 0.1) is 0 Å². The van der Waals surface area contributed by atoms with Crippen LogP contribution >= 0.6 is 11.6 Å². The molecule has 1 aromatic carbocycles. The van der Waals surface area contributed by atoms with Crippen LogP contribution in [0.1, 0.15) is 0 Å². The highest BCUT2D eigenvalue weighted by atomic mass is 35.5. The Balaban J connectivity index is 2.82. The van der Waals surface area contributed by atoms with Crippen molar-refractivity contribution in [3.05, 3.63) is 23.2 Å². The molecule has 0 spiro atoms. The molecule has 17 heavy (non-hydrogen) atoms. The van der Waals surface area contributed by atoms with Crippen molar-refractivity contribution < 1.29 is 12.6 Å². The van der Waals surface area contributed by atoms with Crippen LogP contribution in [0.2, 0.25) is 5.02 Å². The highest BCUT2D eigenvalue weighted by Gasteiger charge is 2.14. The fourth-order valence-corrected chi connectivity index (χ4v) is 2.90. The molecule has 0 aliphatic carbocycles. The van der Waals surface area contributed by atoms with Gasteiger partial charge in [-0.2, -0.15) is 0 Å². The summed E-state index contributed by atoms with van der Waals surface area (Å²) in [6, 6.07) is 4.07. The number of sulfonamides is 1. The molecule has 3 N–H and O–H groups in total. The minimum absolute atomic E-state index is 0.0404. The van der Waals surface area contributed by atoms with Gasteiger partial charge in [0.15, 0.2) is 0 Å². The molecule has 0 heterocycles. The van der Waals surface area contributed by atoms with Gasteiger partial charge in [-0.05, 0) is 18.2 Å². The van der Waals surface area contributed by atoms with Gasteiger partial charge in [-0.15, -0.1) is 0 Å². The van der Waals surface area contributed by atoms with E-state index in [2.05, 4.69) is 4.72 Å². The summed E-state index contributed by atoms with van der Waals surface area (Å²) in [5.41, 5.74) is 5.80. The van der Waals surface area contributed by atoms with Crippen molar-refractivity contribution in [2.45, 2.75) is 4.90 Å². The first-order valence-corrected chi connectivity index (χ1v) is 8.26. The van der Waals surface area contributed by atoms with Gasteiger partial charge < -0.3 is 5.73 Å². The number of anilines is 1. The predicted octanol–water partition coefficient (Wildman–Crippen LogP) is 0.579. The number of nitrogens with one attached hydrogen (secondary N) is 1. The quantitative estimate of drug-likeness (QED) is 0.778. The molecule has 0 aliphatic heterocycles. The van der Waals surface area contributed by atoms with Crippen LogP contribution in [0.15, 0.2) is 23.1 Å². The third-order valence-electron chi connectivity index (χ3n) is 1.96. The highest BCUT2D eigenvalue weighted by molar-refractivity contribution is 7.89. The number of nitrogens with two attached hydrogens (primary N) is 1. The zero-order chi connectivity index (χ0) is 13.1. The molecule has 0 saturated heterocycles. The monoisotopic (exact) mass is 296 g/mol. The van der Waals surface area contributed by atoms with Gasteiger partial charge in [-0.3, -0.25) is 4.21 Å². The van der Waals surface area contributed by atoms with Crippen LogP contribution in [0.5, 0.6) is 0 Å². The lowest BCUT2D eigenvalue weighted by atomic mass is 10.3. The second-order valence-electron chi connectivity index (χ2n) is 3.36. The summed E-state index contributed by atoms with van der Waals surface area (Å²) in [6.07, 6.45) is 1.51. The summed E-state index contributed by atoms with van der Waals surface area (Å²) in [4.78, 5) is 0.0404. The van der Waals surface area contributed by atoms with Crippen molar-refractivity contribution in [1.29, 1.82) is 0 Å². The molecule has 0 amide bonds. The van der Waals surface area contributed by atoms with Crippen molar-refractivity contribution in [1.82, 2.24) is 4.72 Å². The maximum absolute atomic E-state index is 11.8. The maximum atomic E-state index is 11.8. The zero-order valence-corrected chi connectivity index (χ0v) is 11.5. The van der Waals surface area contributed by atoms with Crippen molar-refractivity contribution in [2.24, 2.45) is 0 Å². The molecule has 0 aliphatic rings. The zero-order valence-electron chi connectivity index (χ0n) is 9.14. The average Bonchev–Trinajstić information content (AvgIpc) is 2.21. The minimum Gasteiger partial charge on any atom is -0.398 e. The molecule has 1 aromatic rings. The largest absolute Gasteiger partial charge is 0.398 e. The maximum Gasteiger partial charge on any atom is 0.240 e. The fourth-order valence-electron chi connectivity index (χ4n) is 1.08. The van der Waals surface area contributed by atoms with Crippen LogP contribution < -0.4 is 10.5 Å². The van der Waals surface area contributed by atoms with Crippen LogP contribution in [-0.4, -0.2) is 31.2 Å². The van der Waals surface area contributed by atoms with E-state index in [-0.39, 0.29) is 22.2 Å². The lowest BCUT2D eigenvalue weighted by Crippen LogP contribution is -2.27. The van der Waals surface area contributed by atoms with Gasteiger partial charge in [0.1, 0.15) is 0 Å². The Morgan fingerprint density at radius 3 is 2.65 bits per heavy atom. The Kier molecular flexibility index (Phi) is 4.93. The second-order valence-corrected chi connectivity index (χ2v) is 7.09. The van der Waals surface area contributed by atoms with Crippen molar-refractivity contribution in [3.63, 3.8) is 0 Å². The second kappa shape index (κ2) is 5.81. The van der Waals surface area contributed by atoms with Crippen molar-refractivity contribution in [3.8, 4) is 0 Å². The molecule has 0 radical (unpaired) electrons. The number of benzene rings is 1. The summed E-state index contributed by atoms with van der Waals surface area (Å²) in [7, 11) is -4.66. The van der Waals surface area contributed by atoms with Crippen LogP contribution in [0.4, 0.5) is 5.69 Å². The molecule has 5 nitrogen and oxygen atoms in total. The Morgan fingerprint density at radius 2 is 2.12 bits per heavy atom. The number of rotatable bonds is 5. The Morgan fingerprint density at radius 1 is 1.47 bits per heavy atom. The van der Waals surface area contributed by atoms with E-state index in [1.165, 1.54) is 24.5 Å². The fraction of sp³-hybridized carbons (Fsp3) is 0.333. The van der Waals surface area contributed by atoms with Gasteiger partial charge in [-0.1, -0.05) is 11.6 Å². The topological polar surface area (TPSA) is 89.3 Å². The molecule has 0 saturated carbocycles.